The summed E-state index contributed by atoms with van der Waals surface area (Å²) in [6.45, 7) is 5.59. The third-order valence-corrected chi connectivity index (χ3v) is 2.46. The van der Waals surface area contributed by atoms with Gasteiger partial charge in [0.1, 0.15) is 5.75 Å². The zero-order valence-electron chi connectivity index (χ0n) is 8.84. The van der Waals surface area contributed by atoms with Gasteiger partial charge in [0.15, 0.2) is 5.78 Å². The Balaban J connectivity index is 3.02. The van der Waals surface area contributed by atoms with Crippen LogP contribution in [0.25, 0.3) is 0 Å². The van der Waals surface area contributed by atoms with Crippen LogP contribution in [-0.2, 0) is 0 Å². The maximum atomic E-state index is 11.7. The fourth-order valence-corrected chi connectivity index (χ4v) is 1.43. The van der Waals surface area contributed by atoms with Crippen molar-refractivity contribution in [2.24, 2.45) is 0 Å². The van der Waals surface area contributed by atoms with E-state index in [-0.39, 0.29) is 5.78 Å². The van der Waals surface area contributed by atoms with Gasteiger partial charge in [0.05, 0.1) is 12.1 Å². The summed E-state index contributed by atoms with van der Waals surface area (Å²) in [5.41, 5.74) is 1.13. The molecule has 0 radical (unpaired) electrons. The van der Waals surface area contributed by atoms with Crippen LogP contribution in [0.2, 0.25) is 5.02 Å². The van der Waals surface area contributed by atoms with Crippen LogP contribution in [-0.4, -0.2) is 12.9 Å². The van der Waals surface area contributed by atoms with Crippen LogP contribution in [0.3, 0.4) is 0 Å². The van der Waals surface area contributed by atoms with Crippen molar-refractivity contribution < 1.29 is 9.53 Å². The molecule has 15 heavy (non-hydrogen) atoms. The number of allylic oxidation sites excluding steroid dienone is 1. The molecule has 0 spiro atoms. The minimum Gasteiger partial charge on any atom is -0.495 e. The van der Waals surface area contributed by atoms with Crippen LogP contribution >= 0.6 is 11.6 Å². The summed E-state index contributed by atoms with van der Waals surface area (Å²) in [6.07, 6.45) is 0.641. The zero-order chi connectivity index (χ0) is 11.4. The van der Waals surface area contributed by atoms with E-state index < -0.39 is 0 Å². The molecule has 1 aromatic rings. The van der Waals surface area contributed by atoms with Gasteiger partial charge in [-0.05, 0) is 30.2 Å². The van der Waals surface area contributed by atoms with Gasteiger partial charge in [0.2, 0.25) is 0 Å². The van der Waals surface area contributed by atoms with Crippen molar-refractivity contribution in [1.29, 1.82) is 0 Å². The predicted octanol–water partition coefficient (Wildman–Crippen LogP) is 3.50. The first kappa shape index (κ1) is 11.8. The largest absolute Gasteiger partial charge is 0.495 e. The summed E-state index contributed by atoms with van der Waals surface area (Å²) < 4.78 is 5.00. The second-order valence-electron chi connectivity index (χ2n) is 3.14. The van der Waals surface area contributed by atoms with Crippen molar-refractivity contribution in [3.8, 4) is 5.75 Å². The van der Waals surface area contributed by atoms with Gasteiger partial charge in [-0.15, -0.1) is 0 Å². The van der Waals surface area contributed by atoms with E-state index in [0.717, 1.165) is 0 Å². The molecule has 0 atom stereocenters. The van der Waals surface area contributed by atoms with Crippen LogP contribution in [0, 0.1) is 0 Å². The Morgan fingerprint density at radius 2 is 2.20 bits per heavy atom. The van der Waals surface area contributed by atoms with Crippen molar-refractivity contribution in [1.82, 2.24) is 0 Å². The molecule has 0 amide bonds. The number of rotatable bonds is 4. The van der Waals surface area contributed by atoms with E-state index >= 15 is 0 Å². The molecule has 0 saturated heterocycles. The SMILES string of the molecule is C=C(CC)C(=O)c1ccc(OC)c(Cl)c1. The molecular formula is C12H13ClO2. The molecule has 0 N–H and O–H groups in total. The van der Waals surface area contributed by atoms with Crippen molar-refractivity contribution in [3.05, 3.63) is 40.9 Å². The maximum absolute atomic E-state index is 11.7. The number of Topliss-reactive ketones (excluding diaryl/α,β-unsaturated/α-hetero) is 1. The fourth-order valence-electron chi connectivity index (χ4n) is 1.17. The van der Waals surface area contributed by atoms with Gasteiger partial charge in [0, 0.05) is 5.56 Å². The number of hydrogen-bond acceptors (Lipinski definition) is 2. The lowest BCUT2D eigenvalue weighted by atomic mass is 10.0. The molecule has 0 fully saturated rings. The van der Waals surface area contributed by atoms with Gasteiger partial charge >= 0.3 is 0 Å². The Morgan fingerprint density at radius 1 is 1.53 bits per heavy atom. The minimum atomic E-state index is -0.0675. The minimum absolute atomic E-state index is 0.0675. The molecule has 3 heteroatoms. The van der Waals surface area contributed by atoms with Gasteiger partial charge in [-0.2, -0.15) is 0 Å². The Kier molecular flexibility index (Phi) is 3.92. The molecule has 1 aromatic carbocycles. The predicted molar refractivity (Wildman–Crippen MR) is 61.8 cm³/mol. The van der Waals surface area contributed by atoms with Crippen LogP contribution in [0.15, 0.2) is 30.4 Å². The van der Waals surface area contributed by atoms with E-state index in [9.17, 15) is 4.79 Å². The molecule has 2 nitrogen and oxygen atoms in total. The molecular weight excluding hydrogens is 212 g/mol. The van der Waals surface area contributed by atoms with E-state index in [1.807, 2.05) is 6.92 Å². The molecule has 80 valence electrons. The number of halogens is 1. The highest BCUT2D eigenvalue weighted by molar-refractivity contribution is 6.32. The number of carbonyl (C=O) groups excluding carboxylic acids is 1. The molecule has 0 heterocycles. The van der Waals surface area contributed by atoms with E-state index in [1.165, 1.54) is 7.11 Å². The summed E-state index contributed by atoms with van der Waals surface area (Å²) in [5, 5.41) is 0.437. The van der Waals surface area contributed by atoms with Crippen LogP contribution in [0.5, 0.6) is 5.75 Å². The van der Waals surface area contributed by atoms with E-state index in [2.05, 4.69) is 6.58 Å². The third kappa shape index (κ3) is 2.60. The topological polar surface area (TPSA) is 26.3 Å². The molecule has 0 aliphatic carbocycles. The average Bonchev–Trinajstić information content (AvgIpc) is 2.26. The average molecular weight is 225 g/mol. The van der Waals surface area contributed by atoms with Gasteiger partial charge in [-0.25, -0.2) is 0 Å². The molecule has 0 unspecified atom stereocenters. The number of hydrogen-bond donors (Lipinski definition) is 0. The van der Waals surface area contributed by atoms with Crippen LogP contribution in [0.1, 0.15) is 23.7 Å². The van der Waals surface area contributed by atoms with Crippen molar-refractivity contribution in [2.75, 3.05) is 7.11 Å². The number of ether oxygens (including phenoxy) is 1. The third-order valence-electron chi connectivity index (χ3n) is 2.16. The van der Waals surface area contributed by atoms with Crippen LogP contribution in [0.4, 0.5) is 0 Å². The number of ketones is 1. The normalized spacial score (nSPS) is 9.80. The van der Waals surface area contributed by atoms with Crippen LogP contribution < -0.4 is 4.74 Å². The fraction of sp³-hybridized carbons (Fsp3) is 0.250. The first-order valence-corrected chi connectivity index (χ1v) is 5.04. The van der Waals surface area contributed by atoms with Gasteiger partial charge < -0.3 is 4.74 Å². The van der Waals surface area contributed by atoms with E-state index in [4.69, 9.17) is 16.3 Å². The Hall–Kier alpha value is -1.28. The van der Waals surface area contributed by atoms with E-state index in [1.54, 1.807) is 18.2 Å². The standard InChI is InChI=1S/C12H13ClO2/c1-4-8(2)12(14)9-5-6-11(15-3)10(13)7-9/h5-7H,2,4H2,1,3H3. The second kappa shape index (κ2) is 4.99. The van der Waals surface area contributed by atoms with Gasteiger partial charge in [-0.3, -0.25) is 4.79 Å². The zero-order valence-corrected chi connectivity index (χ0v) is 9.60. The second-order valence-corrected chi connectivity index (χ2v) is 3.54. The smallest absolute Gasteiger partial charge is 0.188 e. The first-order chi connectivity index (χ1) is 7.10. The lowest BCUT2D eigenvalue weighted by molar-refractivity contribution is 0.103. The Bertz CT molecular complexity index is 397. The lowest BCUT2D eigenvalue weighted by Gasteiger charge is -2.06. The lowest BCUT2D eigenvalue weighted by Crippen LogP contribution is -2.01. The molecule has 0 aliphatic rings. The van der Waals surface area contributed by atoms with Crippen molar-refractivity contribution >= 4 is 17.4 Å². The van der Waals surface area contributed by atoms with Gasteiger partial charge in [-0.1, -0.05) is 25.1 Å². The summed E-state index contributed by atoms with van der Waals surface area (Å²) in [5.74, 6) is 0.498. The highest BCUT2D eigenvalue weighted by Crippen LogP contribution is 2.26. The monoisotopic (exact) mass is 224 g/mol. The summed E-state index contributed by atoms with van der Waals surface area (Å²) in [7, 11) is 1.54. The van der Waals surface area contributed by atoms with E-state index in [0.29, 0.717) is 28.3 Å². The summed E-state index contributed by atoms with van der Waals surface area (Å²) in [4.78, 5) is 11.7. The molecule has 0 aliphatic heterocycles. The molecule has 0 saturated carbocycles. The number of methoxy groups -OCH3 is 1. The number of benzene rings is 1. The Morgan fingerprint density at radius 3 is 2.67 bits per heavy atom. The van der Waals surface area contributed by atoms with Gasteiger partial charge in [0.25, 0.3) is 0 Å². The maximum Gasteiger partial charge on any atom is 0.188 e. The number of carbonyl (C=O) groups is 1. The summed E-state index contributed by atoms with van der Waals surface area (Å²) >= 11 is 5.91. The van der Waals surface area contributed by atoms with Crippen molar-refractivity contribution in [3.63, 3.8) is 0 Å². The van der Waals surface area contributed by atoms with Crippen molar-refractivity contribution in [2.45, 2.75) is 13.3 Å². The Labute approximate surface area is 94.5 Å². The quantitative estimate of drug-likeness (QED) is 0.578. The molecule has 0 aromatic heterocycles. The summed E-state index contributed by atoms with van der Waals surface area (Å²) in [6, 6.07) is 4.97. The highest BCUT2D eigenvalue weighted by Gasteiger charge is 2.10. The molecule has 0 bridgehead atoms. The highest BCUT2D eigenvalue weighted by atomic mass is 35.5. The molecule has 1 rings (SSSR count). The first-order valence-electron chi connectivity index (χ1n) is 4.66.